The van der Waals surface area contributed by atoms with E-state index < -0.39 is 0 Å². The number of ketones is 1. The summed E-state index contributed by atoms with van der Waals surface area (Å²) < 4.78 is 9.50. The first kappa shape index (κ1) is 22.1. The van der Waals surface area contributed by atoms with E-state index >= 15 is 0 Å². The van der Waals surface area contributed by atoms with Gasteiger partial charge in [-0.25, -0.2) is 0 Å². The molecule has 0 aromatic heterocycles. The Morgan fingerprint density at radius 3 is 2.52 bits per heavy atom. The molecule has 3 saturated carbocycles. The van der Waals surface area contributed by atoms with E-state index in [2.05, 4.69) is 32.6 Å². The Bertz CT molecular complexity index is 622. The summed E-state index contributed by atoms with van der Waals surface area (Å²) in [5, 5.41) is 11.1. The zero-order valence-electron chi connectivity index (χ0n) is 17.7. The highest BCUT2D eigenvalue weighted by molar-refractivity contribution is 6.01. The van der Waals surface area contributed by atoms with Gasteiger partial charge < -0.3 is 5.11 Å². The molecule has 7 atom stereocenters. The predicted molar refractivity (Wildman–Crippen MR) is 110 cm³/mol. The molecule has 3 fully saturated rings. The Morgan fingerprint density at radius 1 is 1.22 bits per heavy atom. The zero-order chi connectivity index (χ0) is 20.4. The van der Waals surface area contributed by atoms with Gasteiger partial charge in [-0.05, 0) is 67.4 Å². The molecule has 0 aromatic rings. The molecular formula is C24H37FO2. The number of aliphatic hydroxyl groups excluding tert-OH is 1. The Labute approximate surface area is 164 Å². The van der Waals surface area contributed by atoms with Crippen LogP contribution in [-0.2, 0) is 4.79 Å². The maximum Gasteiger partial charge on any atom is 0.178 e. The first-order chi connectivity index (χ1) is 12.9. The van der Waals surface area contributed by atoms with Gasteiger partial charge in [-0.15, -0.1) is 6.58 Å². The van der Waals surface area contributed by atoms with E-state index in [1.807, 2.05) is 19.9 Å². The van der Waals surface area contributed by atoms with Gasteiger partial charge in [0.25, 0.3) is 0 Å². The van der Waals surface area contributed by atoms with Crippen LogP contribution in [0.5, 0.6) is 0 Å². The van der Waals surface area contributed by atoms with Crippen molar-refractivity contribution in [1.82, 2.24) is 0 Å². The third-order valence-electron chi connectivity index (χ3n) is 7.85. The number of fused-ring (bicyclic) bond motifs is 5. The molecule has 0 aromatic carbocycles. The second kappa shape index (κ2) is 8.43. The smallest absolute Gasteiger partial charge is 0.178 e. The molecule has 7 unspecified atom stereocenters. The highest BCUT2D eigenvalue weighted by Gasteiger charge is 2.60. The number of rotatable bonds is 1. The van der Waals surface area contributed by atoms with Crippen molar-refractivity contribution < 1.29 is 14.3 Å². The van der Waals surface area contributed by atoms with Gasteiger partial charge in [0.1, 0.15) is 0 Å². The van der Waals surface area contributed by atoms with Crippen LogP contribution in [0.2, 0.25) is 0 Å². The van der Waals surface area contributed by atoms with Crippen LogP contribution in [0, 0.1) is 34.5 Å². The predicted octanol–water partition coefficient (Wildman–Crippen LogP) is 5.68. The largest absolute Gasteiger partial charge is 0.393 e. The first-order valence-electron chi connectivity index (χ1n) is 10.5. The van der Waals surface area contributed by atoms with Crippen LogP contribution in [0.15, 0.2) is 36.5 Å². The topological polar surface area (TPSA) is 37.3 Å². The van der Waals surface area contributed by atoms with E-state index in [1.165, 1.54) is 18.4 Å². The molecule has 4 rings (SSSR count). The average Bonchev–Trinajstić information content (AvgIpc) is 3.01. The molecule has 0 bridgehead atoms. The molecule has 0 aliphatic heterocycles. The maximum atomic E-state index is 11.8. The lowest BCUT2D eigenvalue weighted by Gasteiger charge is -2.58. The van der Waals surface area contributed by atoms with Crippen molar-refractivity contribution in [3.63, 3.8) is 0 Å². The maximum absolute atomic E-state index is 11.8. The van der Waals surface area contributed by atoms with Gasteiger partial charge >= 0.3 is 0 Å². The number of aliphatic hydroxyl groups is 1. The quantitative estimate of drug-likeness (QED) is 0.598. The van der Waals surface area contributed by atoms with Crippen LogP contribution >= 0.6 is 0 Å². The van der Waals surface area contributed by atoms with E-state index in [1.54, 1.807) is 6.08 Å². The van der Waals surface area contributed by atoms with Crippen molar-refractivity contribution in [2.75, 3.05) is 7.18 Å². The second-order valence-electron chi connectivity index (χ2n) is 8.72. The molecular weight excluding hydrogens is 339 g/mol. The summed E-state index contributed by atoms with van der Waals surface area (Å²) in [7, 11) is 0.500. The summed E-state index contributed by atoms with van der Waals surface area (Å²) in [6.45, 7) is 12.7. The van der Waals surface area contributed by atoms with Crippen LogP contribution in [0.1, 0.15) is 59.8 Å². The average molecular weight is 377 g/mol. The lowest BCUT2D eigenvalue weighted by Crippen LogP contribution is -2.55. The van der Waals surface area contributed by atoms with Crippen molar-refractivity contribution >= 4 is 5.78 Å². The van der Waals surface area contributed by atoms with Crippen LogP contribution in [-0.4, -0.2) is 24.2 Å². The van der Waals surface area contributed by atoms with Crippen LogP contribution in [0.3, 0.4) is 0 Å². The molecule has 0 spiro atoms. The lowest BCUT2D eigenvalue weighted by atomic mass is 9.47. The molecule has 0 radical (unpaired) electrons. The summed E-state index contributed by atoms with van der Waals surface area (Å²) in [6.07, 6.45) is 13.0. The Kier molecular flexibility index (Phi) is 6.89. The van der Waals surface area contributed by atoms with Gasteiger partial charge in [-0.2, -0.15) is 0 Å². The van der Waals surface area contributed by atoms with Crippen molar-refractivity contribution in [3.8, 4) is 0 Å². The minimum atomic E-state index is -0.284. The lowest BCUT2D eigenvalue weighted by molar-refractivity contribution is -0.116. The van der Waals surface area contributed by atoms with Gasteiger partial charge in [-0.1, -0.05) is 45.4 Å². The molecule has 1 N–H and O–H groups in total. The highest BCUT2D eigenvalue weighted by Crippen LogP contribution is 2.66. The fraction of sp³-hybridized carbons (Fsp3) is 0.708. The molecule has 4 aliphatic rings. The van der Waals surface area contributed by atoms with Gasteiger partial charge in [0.15, 0.2) is 5.78 Å². The fourth-order valence-corrected chi connectivity index (χ4v) is 6.75. The number of hydrogen-bond donors (Lipinski definition) is 1. The van der Waals surface area contributed by atoms with Gasteiger partial charge in [0.05, 0.1) is 13.3 Å². The summed E-state index contributed by atoms with van der Waals surface area (Å²) in [6, 6.07) is 0. The third-order valence-corrected chi connectivity index (χ3v) is 7.85. The van der Waals surface area contributed by atoms with E-state index in [0.29, 0.717) is 24.9 Å². The number of carbonyl (C=O) groups is 1. The summed E-state index contributed by atoms with van der Waals surface area (Å²) >= 11 is 0. The highest BCUT2D eigenvalue weighted by atomic mass is 19.1. The molecule has 27 heavy (non-hydrogen) atoms. The van der Waals surface area contributed by atoms with Crippen LogP contribution in [0.4, 0.5) is 4.39 Å². The van der Waals surface area contributed by atoms with E-state index in [0.717, 1.165) is 19.3 Å². The Morgan fingerprint density at radius 2 is 1.89 bits per heavy atom. The number of alkyl halides is 1. The molecule has 0 heterocycles. The summed E-state index contributed by atoms with van der Waals surface area (Å²) in [5.41, 5.74) is 1.31. The minimum absolute atomic E-state index is 0.110. The SMILES string of the molecule is C=CC1CCC2C3CCC4=CC(=O)C=CC4(C)C3C(O)CC12C.CC.CF. The van der Waals surface area contributed by atoms with E-state index in [-0.39, 0.29) is 28.6 Å². The molecule has 152 valence electrons. The molecule has 0 amide bonds. The standard InChI is InChI=1S/C21H28O2.C2H6.CH3F/c1-4-13-6-8-17-16-7-5-14-11-15(22)9-10-20(14,2)19(16)18(23)12-21(13,17)3;2*1-2/h4,9-11,13,16-19,23H,1,5-8,12H2,2-3H3;1-2H3;1H3. The molecule has 3 heteroatoms. The van der Waals surface area contributed by atoms with Crippen molar-refractivity contribution in [3.05, 3.63) is 36.5 Å². The summed E-state index contributed by atoms with van der Waals surface area (Å²) in [5.74, 6) is 2.15. The van der Waals surface area contributed by atoms with Crippen LogP contribution < -0.4 is 0 Å². The Hall–Kier alpha value is -1.22. The summed E-state index contributed by atoms with van der Waals surface area (Å²) in [4.78, 5) is 11.8. The number of carbonyl (C=O) groups excluding carboxylic acids is 1. The van der Waals surface area contributed by atoms with Crippen LogP contribution in [0.25, 0.3) is 0 Å². The molecule has 4 aliphatic carbocycles. The zero-order valence-corrected chi connectivity index (χ0v) is 17.7. The molecule has 2 nitrogen and oxygen atoms in total. The van der Waals surface area contributed by atoms with E-state index in [4.69, 9.17) is 0 Å². The monoisotopic (exact) mass is 376 g/mol. The third kappa shape index (κ3) is 3.37. The Balaban J connectivity index is 0.000000614. The van der Waals surface area contributed by atoms with Gasteiger partial charge in [-0.3, -0.25) is 9.18 Å². The minimum Gasteiger partial charge on any atom is -0.393 e. The number of halogens is 1. The van der Waals surface area contributed by atoms with E-state index in [9.17, 15) is 14.3 Å². The molecule has 0 saturated heterocycles. The van der Waals surface area contributed by atoms with Crippen molar-refractivity contribution in [1.29, 1.82) is 0 Å². The first-order valence-corrected chi connectivity index (χ1v) is 10.5. The van der Waals surface area contributed by atoms with Gasteiger partial charge in [0, 0.05) is 11.3 Å². The van der Waals surface area contributed by atoms with Crippen molar-refractivity contribution in [2.24, 2.45) is 34.5 Å². The van der Waals surface area contributed by atoms with Crippen molar-refractivity contribution in [2.45, 2.75) is 65.9 Å². The fourth-order valence-electron chi connectivity index (χ4n) is 6.75. The van der Waals surface area contributed by atoms with Gasteiger partial charge in [0.2, 0.25) is 0 Å². The normalized spacial score (nSPS) is 44.3. The number of hydrogen-bond acceptors (Lipinski definition) is 2. The second-order valence-corrected chi connectivity index (χ2v) is 8.72. The number of allylic oxidation sites excluding steroid dienone is 5.